The van der Waals surface area contributed by atoms with Crippen LogP contribution in [0.1, 0.15) is 11.1 Å². The van der Waals surface area contributed by atoms with Crippen molar-refractivity contribution >= 4 is 21.5 Å². The van der Waals surface area contributed by atoms with Gasteiger partial charge in [0.25, 0.3) is 0 Å². The van der Waals surface area contributed by atoms with Crippen LogP contribution >= 0.6 is 0 Å². The monoisotopic (exact) mass is 266 g/mol. The molecule has 2 nitrogen and oxygen atoms in total. The first-order chi connectivity index (χ1) is 9.83. The summed E-state index contributed by atoms with van der Waals surface area (Å²) in [5, 5.41) is 23.2. The Kier molecular flexibility index (Phi) is 3.68. The topological polar surface area (TPSA) is 40.5 Å². The second kappa shape index (κ2) is 5.61. The molecule has 0 unspecified atom stereocenters. The third-order valence-corrected chi connectivity index (χ3v) is 3.79. The Balaban J connectivity index is 2.33. The van der Waals surface area contributed by atoms with Crippen molar-refractivity contribution in [1.82, 2.24) is 0 Å². The van der Waals surface area contributed by atoms with E-state index in [1.165, 1.54) is 27.1 Å². The SMILES string of the molecule is OCCc1ccc2ccc3cccc(CCO)c3c2c1. The van der Waals surface area contributed by atoms with Crippen LogP contribution in [0.2, 0.25) is 0 Å². The van der Waals surface area contributed by atoms with Gasteiger partial charge >= 0.3 is 0 Å². The Bertz CT molecular complexity index is 747. The van der Waals surface area contributed by atoms with Crippen LogP contribution in [-0.4, -0.2) is 23.4 Å². The third kappa shape index (κ3) is 2.28. The minimum Gasteiger partial charge on any atom is -0.396 e. The summed E-state index contributed by atoms with van der Waals surface area (Å²) in [5.41, 5.74) is 2.32. The van der Waals surface area contributed by atoms with E-state index in [1.807, 2.05) is 6.07 Å². The molecular formula is C18H18O2. The molecule has 3 aromatic carbocycles. The lowest BCUT2D eigenvalue weighted by molar-refractivity contribution is 0.299. The molecule has 0 saturated heterocycles. The van der Waals surface area contributed by atoms with Crippen LogP contribution in [0.3, 0.4) is 0 Å². The van der Waals surface area contributed by atoms with E-state index in [2.05, 4.69) is 42.5 Å². The Labute approximate surface area is 118 Å². The van der Waals surface area contributed by atoms with E-state index in [-0.39, 0.29) is 13.2 Å². The van der Waals surface area contributed by atoms with Gasteiger partial charge in [0.05, 0.1) is 0 Å². The molecule has 0 aliphatic rings. The molecule has 0 amide bonds. The average molecular weight is 266 g/mol. The van der Waals surface area contributed by atoms with E-state index in [4.69, 9.17) is 5.11 Å². The highest BCUT2D eigenvalue weighted by molar-refractivity contribution is 6.09. The van der Waals surface area contributed by atoms with Gasteiger partial charge in [0.2, 0.25) is 0 Å². The summed E-state index contributed by atoms with van der Waals surface area (Å²) in [5.74, 6) is 0. The van der Waals surface area contributed by atoms with Gasteiger partial charge in [-0.25, -0.2) is 0 Å². The molecule has 0 radical (unpaired) electrons. The van der Waals surface area contributed by atoms with Crippen molar-refractivity contribution in [3.63, 3.8) is 0 Å². The van der Waals surface area contributed by atoms with Crippen LogP contribution in [0.4, 0.5) is 0 Å². The van der Waals surface area contributed by atoms with Crippen molar-refractivity contribution in [2.45, 2.75) is 12.8 Å². The van der Waals surface area contributed by atoms with Gasteiger partial charge in [0.1, 0.15) is 0 Å². The maximum atomic E-state index is 9.26. The smallest absolute Gasteiger partial charge is 0.0471 e. The summed E-state index contributed by atoms with van der Waals surface area (Å²) < 4.78 is 0. The Morgan fingerprint density at radius 1 is 0.750 bits per heavy atom. The fourth-order valence-corrected chi connectivity index (χ4v) is 2.85. The highest BCUT2D eigenvalue weighted by Crippen LogP contribution is 2.29. The van der Waals surface area contributed by atoms with Crippen molar-refractivity contribution in [1.29, 1.82) is 0 Å². The number of aliphatic hydroxyl groups is 2. The highest BCUT2D eigenvalue weighted by atomic mass is 16.3. The molecule has 0 aromatic heterocycles. The Hall–Kier alpha value is -1.90. The van der Waals surface area contributed by atoms with Crippen molar-refractivity contribution in [3.05, 3.63) is 59.7 Å². The van der Waals surface area contributed by atoms with Gasteiger partial charge in [-0.3, -0.25) is 0 Å². The normalized spacial score (nSPS) is 11.3. The van der Waals surface area contributed by atoms with Crippen LogP contribution in [0, 0.1) is 0 Å². The molecular weight excluding hydrogens is 248 g/mol. The number of aliphatic hydroxyl groups excluding tert-OH is 2. The fraction of sp³-hybridized carbons (Fsp3) is 0.222. The molecule has 20 heavy (non-hydrogen) atoms. The number of benzene rings is 3. The van der Waals surface area contributed by atoms with E-state index >= 15 is 0 Å². The van der Waals surface area contributed by atoms with Gasteiger partial charge in [-0.2, -0.15) is 0 Å². The molecule has 2 heteroatoms. The maximum Gasteiger partial charge on any atom is 0.0471 e. The van der Waals surface area contributed by atoms with Crippen LogP contribution in [0.25, 0.3) is 21.5 Å². The summed E-state index contributed by atoms with van der Waals surface area (Å²) in [4.78, 5) is 0. The number of fused-ring (bicyclic) bond motifs is 3. The number of hydrogen-bond donors (Lipinski definition) is 2. The van der Waals surface area contributed by atoms with Gasteiger partial charge < -0.3 is 10.2 Å². The molecule has 0 heterocycles. The minimum absolute atomic E-state index is 0.159. The quantitative estimate of drug-likeness (QED) is 0.712. The average Bonchev–Trinajstić information content (AvgIpc) is 2.48. The second-order valence-corrected chi connectivity index (χ2v) is 5.08. The molecule has 3 aromatic rings. The van der Waals surface area contributed by atoms with Crippen LogP contribution in [-0.2, 0) is 12.8 Å². The zero-order valence-corrected chi connectivity index (χ0v) is 11.3. The van der Waals surface area contributed by atoms with Crippen LogP contribution in [0.15, 0.2) is 48.5 Å². The predicted octanol–water partition coefficient (Wildman–Crippen LogP) is 3.06. The molecule has 102 valence electrons. The lowest BCUT2D eigenvalue weighted by atomic mass is 9.95. The number of hydrogen-bond acceptors (Lipinski definition) is 2. The van der Waals surface area contributed by atoms with E-state index in [1.54, 1.807) is 0 Å². The lowest BCUT2D eigenvalue weighted by Gasteiger charge is -2.10. The number of rotatable bonds is 4. The first-order valence-corrected chi connectivity index (χ1v) is 6.98. The van der Waals surface area contributed by atoms with Gasteiger partial charge in [-0.1, -0.05) is 48.5 Å². The lowest BCUT2D eigenvalue weighted by Crippen LogP contribution is -1.94. The molecule has 0 fully saturated rings. The molecule has 0 spiro atoms. The summed E-state index contributed by atoms with van der Waals surface area (Å²) in [6.07, 6.45) is 1.34. The zero-order valence-electron chi connectivity index (χ0n) is 11.3. The molecule has 2 N–H and O–H groups in total. The van der Waals surface area contributed by atoms with Gasteiger partial charge in [0.15, 0.2) is 0 Å². The molecule has 3 rings (SSSR count). The van der Waals surface area contributed by atoms with E-state index < -0.39 is 0 Å². The molecule has 0 bridgehead atoms. The maximum absolute atomic E-state index is 9.26. The van der Waals surface area contributed by atoms with Crippen molar-refractivity contribution in [2.75, 3.05) is 13.2 Å². The van der Waals surface area contributed by atoms with E-state index in [9.17, 15) is 5.11 Å². The highest BCUT2D eigenvalue weighted by Gasteiger charge is 2.06. The van der Waals surface area contributed by atoms with Crippen molar-refractivity contribution in [3.8, 4) is 0 Å². The Morgan fingerprint density at radius 2 is 1.50 bits per heavy atom. The summed E-state index contributed by atoms with van der Waals surface area (Å²) in [6.45, 7) is 0.325. The second-order valence-electron chi connectivity index (χ2n) is 5.08. The van der Waals surface area contributed by atoms with E-state index in [0.717, 1.165) is 5.56 Å². The standard InChI is InChI=1S/C18H18O2/c19-10-8-13-4-5-14-6-7-15-2-1-3-16(9-11-20)18(15)17(14)12-13/h1-7,12,19-20H,8-11H2. The van der Waals surface area contributed by atoms with Crippen LogP contribution < -0.4 is 0 Å². The first-order valence-electron chi connectivity index (χ1n) is 6.98. The van der Waals surface area contributed by atoms with E-state index in [0.29, 0.717) is 12.8 Å². The fourth-order valence-electron chi connectivity index (χ4n) is 2.85. The third-order valence-electron chi connectivity index (χ3n) is 3.79. The largest absolute Gasteiger partial charge is 0.396 e. The summed E-state index contributed by atoms with van der Waals surface area (Å²) in [7, 11) is 0. The summed E-state index contributed by atoms with van der Waals surface area (Å²) in [6, 6.07) is 16.8. The zero-order chi connectivity index (χ0) is 13.9. The molecule has 0 saturated carbocycles. The minimum atomic E-state index is 0.159. The molecule has 0 aliphatic carbocycles. The molecule has 0 atom stereocenters. The predicted molar refractivity (Wildman–Crippen MR) is 83.0 cm³/mol. The summed E-state index contributed by atoms with van der Waals surface area (Å²) >= 11 is 0. The first kappa shape index (κ1) is 13.1. The molecule has 0 aliphatic heterocycles. The van der Waals surface area contributed by atoms with Crippen LogP contribution in [0.5, 0.6) is 0 Å². The Morgan fingerprint density at radius 3 is 2.30 bits per heavy atom. The van der Waals surface area contributed by atoms with Gasteiger partial charge in [-0.05, 0) is 45.5 Å². The van der Waals surface area contributed by atoms with Crippen molar-refractivity contribution < 1.29 is 10.2 Å². The van der Waals surface area contributed by atoms with Gasteiger partial charge in [0, 0.05) is 13.2 Å². The van der Waals surface area contributed by atoms with Gasteiger partial charge in [-0.15, -0.1) is 0 Å². The van der Waals surface area contributed by atoms with Crippen molar-refractivity contribution in [2.24, 2.45) is 0 Å².